The van der Waals surface area contributed by atoms with Crippen molar-refractivity contribution >= 4 is 30.3 Å². The van der Waals surface area contributed by atoms with Crippen molar-refractivity contribution in [3.05, 3.63) is 23.8 Å². The number of likely N-dealkylation sites (tertiary alicyclic amines) is 2. The number of amides is 2. The minimum Gasteiger partial charge on any atom is -0.444 e. The number of hydrogen-bond donors (Lipinski definition) is 0. The van der Waals surface area contributed by atoms with Crippen molar-refractivity contribution in [1.82, 2.24) is 9.80 Å². The van der Waals surface area contributed by atoms with Crippen molar-refractivity contribution in [2.24, 2.45) is 0 Å². The van der Waals surface area contributed by atoms with Crippen LogP contribution in [0.5, 0.6) is 0 Å². The van der Waals surface area contributed by atoms with Crippen LogP contribution in [0.4, 0.5) is 14.9 Å². The lowest BCUT2D eigenvalue weighted by atomic mass is 9.71. The van der Waals surface area contributed by atoms with Gasteiger partial charge in [0.25, 0.3) is 0 Å². The van der Waals surface area contributed by atoms with E-state index in [1.807, 2.05) is 59.4 Å². The summed E-state index contributed by atoms with van der Waals surface area (Å²) in [5, 5.41) is 0. The molecule has 5 aliphatic rings. The predicted octanol–water partition coefficient (Wildman–Crippen LogP) is 4.18. The molecule has 224 valence electrons. The van der Waals surface area contributed by atoms with E-state index in [0.717, 1.165) is 36.1 Å². The molecule has 0 radical (unpaired) electrons. The van der Waals surface area contributed by atoms with Crippen LogP contribution in [0.2, 0.25) is 0 Å². The molecule has 1 spiro atoms. The maximum absolute atomic E-state index is 14.5. The molecule has 3 saturated heterocycles. The lowest BCUT2D eigenvalue weighted by Gasteiger charge is -2.46. The number of alkyl halides is 1. The van der Waals surface area contributed by atoms with Gasteiger partial charge in [-0.2, -0.15) is 0 Å². The van der Waals surface area contributed by atoms with Gasteiger partial charge in [-0.05, 0) is 97.7 Å². The van der Waals surface area contributed by atoms with Crippen LogP contribution in [0.1, 0.15) is 86.1 Å². The highest BCUT2D eigenvalue weighted by Crippen LogP contribution is 2.51. The lowest BCUT2D eigenvalue weighted by molar-refractivity contribution is -0.126. The quantitative estimate of drug-likeness (QED) is 0.509. The Balaban J connectivity index is 1.28. The Morgan fingerprint density at radius 1 is 1.02 bits per heavy atom. The molecular weight excluding hydrogens is 524 g/mol. The number of carbonyl (C=O) groups excluding carboxylic acids is 2. The van der Waals surface area contributed by atoms with E-state index in [9.17, 15) is 14.0 Å². The summed E-state index contributed by atoms with van der Waals surface area (Å²) in [7, 11) is -0.520. The smallest absolute Gasteiger partial charge is 0.444 e. The summed E-state index contributed by atoms with van der Waals surface area (Å²) in [6, 6.07) is 6.59. The Labute approximate surface area is 244 Å². The van der Waals surface area contributed by atoms with E-state index in [4.69, 9.17) is 14.0 Å². The van der Waals surface area contributed by atoms with Gasteiger partial charge in [0.15, 0.2) is 0 Å². The van der Waals surface area contributed by atoms with Gasteiger partial charge in [-0.15, -0.1) is 0 Å². The Bertz CT molecular complexity index is 1200. The molecule has 1 aromatic rings. The highest BCUT2D eigenvalue weighted by atomic mass is 19.1. The molecule has 1 aliphatic carbocycles. The maximum Gasteiger partial charge on any atom is 0.494 e. The zero-order valence-electron chi connectivity index (χ0n) is 25.7. The number of piperidine rings is 1. The average Bonchev–Trinajstić information content (AvgIpc) is 3.44. The first-order valence-corrected chi connectivity index (χ1v) is 15.3. The van der Waals surface area contributed by atoms with Crippen LogP contribution in [0.25, 0.3) is 0 Å². The summed E-state index contributed by atoms with van der Waals surface area (Å²) in [6.45, 7) is 16.0. The van der Waals surface area contributed by atoms with Gasteiger partial charge in [0.2, 0.25) is 5.91 Å². The molecule has 0 bridgehead atoms. The van der Waals surface area contributed by atoms with Crippen molar-refractivity contribution in [3.63, 3.8) is 0 Å². The van der Waals surface area contributed by atoms with Gasteiger partial charge in [0, 0.05) is 44.0 Å². The fourth-order valence-electron chi connectivity index (χ4n) is 7.12. The number of benzene rings is 1. The summed E-state index contributed by atoms with van der Waals surface area (Å²) in [5.74, 6) is 0.121. The number of hydrogen-bond acceptors (Lipinski definition) is 6. The number of carbonyl (C=O) groups is 2. The maximum atomic E-state index is 14.5. The number of anilines is 1. The topological polar surface area (TPSA) is 71.6 Å². The molecule has 4 aliphatic heterocycles. The molecule has 1 atom stereocenters. The second kappa shape index (κ2) is 9.68. The van der Waals surface area contributed by atoms with E-state index in [0.29, 0.717) is 44.9 Å². The third-order valence-corrected chi connectivity index (χ3v) is 10.4. The summed E-state index contributed by atoms with van der Waals surface area (Å²) < 4.78 is 32.2. The second-order valence-corrected chi connectivity index (χ2v) is 14.7. The minimum atomic E-state index is -0.746. The van der Waals surface area contributed by atoms with Gasteiger partial charge in [-0.1, -0.05) is 12.1 Å². The van der Waals surface area contributed by atoms with E-state index >= 15 is 0 Å². The molecule has 4 fully saturated rings. The van der Waals surface area contributed by atoms with Crippen LogP contribution < -0.4 is 10.4 Å². The lowest BCUT2D eigenvalue weighted by Crippen LogP contribution is -2.57. The van der Waals surface area contributed by atoms with Crippen molar-refractivity contribution in [1.29, 1.82) is 0 Å². The minimum absolute atomic E-state index is 0.0710. The first-order valence-electron chi connectivity index (χ1n) is 15.3. The largest absolute Gasteiger partial charge is 0.494 e. The first kappa shape index (κ1) is 28.9. The van der Waals surface area contributed by atoms with E-state index in [-0.39, 0.29) is 18.0 Å². The van der Waals surface area contributed by atoms with Crippen LogP contribution in [0.3, 0.4) is 0 Å². The van der Waals surface area contributed by atoms with Gasteiger partial charge >= 0.3 is 13.2 Å². The molecule has 1 aromatic carbocycles. The fraction of sp³-hybridized carbons (Fsp3) is 0.742. The Morgan fingerprint density at radius 3 is 2.22 bits per heavy atom. The van der Waals surface area contributed by atoms with Gasteiger partial charge in [-0.3, -0.25) is 9.69 Å². The molecule has 6 rings (SSSR count). The number of rotatable bonds is 3. The molecule has 4 heterocycles. The summed E-state index contributed by atoms with van der Waals surface area (Å²) in [4.78, 5) is 33.3. The summed E-state index contributed by atoms with van der Waals surface area (Å²) in [5.41, 5.74) is 0.687. The van der Waals surface area contributed by atoms with Crippen LogP contribution in [-0.4, -0.2) is 90.2 Å². The van der Waals surface area contributed by atoms with Gasteiger partial charge in [-0.25, -0.2) is 9.18 Å². The van der Waals surface area contributed by atoms with E-state index in [1.54, 1.807) is 4.90 Å². The number of fused-ring (bicyclic) bond motifs is 2. The second-order valence-electron chi connectivity index (χ2n) is 14.7. The highest BCUT2D eigenvalue weighted by molar-refractivity contribution is 6.62. The molecule has 10 heteroatoms. The standard InChI is InChI=1S/C31H45BFN3O5/c1-28(2,3)39-27(38)34-14-11-31(12-15-34)24-9-8-20(32-40-29(4,5)30(6,7)41-32)16-25(24)36(26(31)37)23-17-22(18-23)35-13-10-21(33)19-35/h8-9,16,21-23H,10-15,17-19H2,1-7H3/t21-,22-,23+/m1/s1. The highest BCUT2D eigenvalue weighted by Gasteiger charge is 2.57. The monoisotopic (exact) mass is 569 g/mol. The molecule has 1 saturated carbocycles. The molecular formula is C31H45BFN3O5. The molecule has 2 amide bonds. The summed E-state index contributed by atoms with van der Waals surface area (Å²) in [6.07, 6.45) is 2.32. The SMILES string of the molecule is CC(C)(C)OC(=O)N1CCC2(CC1)C(=O)N([C@H]1C[C@@H](N3CC[C@@H](F)C3)C1)c1cc(B3OC(C)(C)C(C)(C)O3)ccc12. The van der Waals surface area contributed by atoms with Crippen LogP contribution in [0, 0.1) is 0 Å². The Morgan fingerprint density at radius 2 is 1.66 bits per heavy atom. The average molecular weight is 570 g/mol. The van der Waals surface area contributed by atoms with Crippen molar-refractivity contribution < 1.29 is 28.0 Å². The third kappa shape index (κ3) is 4.87. The van der Waals surface area contributed by atoms with Crippen LogP contribution >= 0.6 is 0 Å². The zero-order valence-corrected chi connectivity index (χ0v) is 25.7. The van der Waals surface area contributed by atoms with Crippen molar-refractivity contribution in [3.8, 4) is 0 Å². The first-order chi connectivity index (χ1) is 19.1. The van der Waals surface area contributed by atoms with Crippen molar-refractivity contribution in [2.45, 2.75) is 121 Å². The molecule has 41 heavy (non-hydrogen) atoms. The van der Waals surface area contributed by atoms with Gasteiger partial charge in [0.05, 0.1) is 16.6 Å². The number of halogens is 1. The normalized spacial score (nSPS) is 30.6. The van der Waals surface area contributed by atoms with E-state index in [1.165, 1.54) is 0 Å². The van der Waals surface area contributed by atoms with Gasteiger partial charge in [0.1, 0.15) is 11.8 Å². The van der Waals surface area contributed by atoms with Crippen molar-refractivity contribution in [2.75, 3.05) is 31.1 Å². The fourth-order valence-corrected chi connectivity index (χ4v) is 7.12. The summed E-state index contributed by atoms with van der Waals surface area (Å²) >= 11 is 0. The van der Waals surface area contributed by atoms with Crippen LogP contribution in [0.15, 0.2) is 18.2 Å². The Hall–Kier alpha value is -2.17. The molecule has 0 unspecified atom stereocenters. The third-order valence-electron chi connectivity index (χ3n) is 10.4. The van der Waals surface area contributed by atoms with E-state index in [2.05, 4.69) is 17.0 Å². The number of ether oxygens (including phenoxy) is 1. The zero-order chi connectivity index (χ0) is 29.5. The van der Waals surface area contributed by atoms with E-state index < -0.39 is 35.5 Å². The number of nitrogens with zero attached hydrogens (tertiary/aromatic N) is 3. The Kier molecular flexibility index (Phi) is 6.83. The molecule has 0 aromatic heterocycles. The molecule has 8 nitrogen and oxygen atoms in total. The molecule has 0 N–H and O–H groups in total. The van der Waals surface area contributed by atoms with Crippen LogP contribution in [-0.2, 0) is 24.3 Å². The van der Waals surface area contributed by atoms with Gasteiger partial charge < -0.3 is 23.8 Å². The predicted molar refractivity (Wildman–Crippen MR) is 156 cm³/mol.